The van der Waals surface area contributed by atoms with Gasteiger partial charge in [0.05, 0.1) is 0 Å². The van der Waals surface area contributed by atoms with Crippen molar-refractivity contribution in [1.29, 1.82) is 0 Å². The lowest BCUT2D eigenvalue weighted by molar-refractivity contribution is 0.474. The van der Waals surface area contributed by atoms with Crippen LogP contribution in [0.2, 0.25) is 0 Å². The first-order chi connectivity index (χ1) is 9.60. The van der Waals surface area contributed by atoms with Crippen LogP contribution in [0.25, 0.3) is 0 Å². The first kappa shape index (κ1) is 17.2. The molecule has 1 nitrogen and oxygen atoms in total. The molecule has 1 N–H and O–H groups in total. The van der Waals surface area contributed by atoms with Gasteiger partial charge >= 0.3 is 0 Å². The Labute approximate surface area is 124 Å². The predicted octanol–water partition coefficient (Wildman–Crippen LogP) is 5.45. The van der Waals surface area contributed by atoms with Crippen LogP contribution in [-0.2, 0) is 0 Å². The van der Waals surface area contributed by atoms with E-state index in [1.54, 1.807) is 6.07 Å². The van der Waals surface area contributed by atoms with Crippen molar-refractivity contribution in [2.24, 2.45) is 0 Å². The van der Waals surface area contributed by atoms with Crippen molar-refractivity contribution in [2.75, 3.05) is 7.05 Å². The first-order valence-corrected chi connectivity index (χ1v) is 8.04. The molecule has 1 atom stereocenters. The summed E-state index contributed by atoms with van der Waals surface area (Å²) in [7, 11) is 1.93. The van der Waals surface area contributed by atoms with Crippen molar-refractivity contribution in [3.8, 4) is 0 Å². The van der Waals surface area contributed by atoms with E-state index in [0.29, 0.717) is 0 Å². The average Bonchev–Trinajstić information content (AvgIpc) is 2.39. The molecular weight excluding hydrogens is 249 g/mol. The molecule has 2 heteroatoms. The minimum Gasteiger partial charge on any atom is -0.313 e. The largest absolute Gasteiger partial charge is 0.313 e. The van der Waals surface area contributed by atoms with E-state index in [2.05, 4.69) is 18.3 Å². The van der Waals surface area contributed by atoms with Gasteiger partial charge in [-0.25, -0.2) is 4.39 Å². The molecular formula is C18H30FN. The second kappa shape index (κ2) is 9.12. The highest BCUT2D eigenvalue weighted by Gasteiger charge is 2.16. The Balaban J connectivity index is 2.54. The van der Waals surface area contributed by atoms with Crippen LogP contribution in [-0.4, -0.2) is 7.05 Å². The second-order valence-corrected chi connectivity index (χ2v) is 5.88. The van der Waals surface area contributed by atoms with Gasteiger partial charge in [-0.1, -0.05) is 51.5 Å². The van der Waals surface area contributed by atoms with E-state index < -0.39 is 0 Å². The molecule has 1 aromatic rings. The third-order valence-electron chi connectivity index (χ3n) is 4.02. The SMILES string of the molecule is CCCCCCCCC(NC)c1c(C)cc(C)cc1F. The Kier molecular flexibility index (Phi) is 7.83. The van der Waals surface area contributed by atoms with Crippen LogP contribution in [0.3, 0.4) is 0 Å². The number of unbranched alkanes of at least 4 members (excludes halogenated alkanes) is 5. The van der Waals surface area contributed by atoms with Gasteiger partial charge in [0.1, 0.15) is 5.82 Å². The van der Waals surface area contributed by atoms with E-state index in [0.717, 1.165) is 23.1 Å². The molecule has 20 heavy (non-hydrogen) atoms. The number of hydrogen-bond acceptors (Lipinski definition) is 1. The van der Waals surface area contributed by atoms with Crippen molar-refractivity contribution in [2.45, 2.75) is 71.8 Å². The molecule has 0 aliphatic rings. The number of benzene rings is 1. The molecule has 0 aliphatic carbocycles. The minimum absolute atomic E-state index is 0.0622. The highest BCUT2D eigenvalue weighted by Crippen LogP contribution is 2.26. The summed E-state index contributed by atoms with van der Waals surface area (Å²) in [6, 6.07) is 3.86. The first-order valence-electron chi connectivity index (χ1n) is 8.04. The summed E-state index contributed by atoms with van der Waals surface area (Å²) in [6.45, 7) is 6.19. The molecule has 114 valence electrons. The van der Waals surface area contributed by atoms with Crippen molar-refractivity contribution in [3.05, 3.63) is 34.6 Å². The van der Waals surface area contributed by atoms with Crippen LogP contribution in [0.15, 0.2) is 12.1 Å². The van der Waals surface area contributed by atoms with Crippen LogP contribution in [0, 0.1) is 19.7 Å². The molecule has 0 heterocycles. The molecule has 0 spiro atoms. The predicted molar refractivity (Wildman–Crippen MR) is 85.7 cm³/mol. The van der Waals surface area contributed by atoms with E-state index in [4.69, 9.17) is 0 Å². The molecule has 1 unspecified atom stereocenters. The van der Waals surface area contributed by atoms with Gasteiger partial charge < -0.3 is 5.32 Å². The summed E-state index contributed by atoms with van der Waals surface area (Å²) in [5.41, 5.74) is 2.91. The number of aryl methyl sites for hydroxylation is 2. The normalized spacial score (nSPS) is 12.7. The van der Waals surface area contributed by atoms with Gasteiger partial charge in [-0.05, 0) is 44.5 Å². The van der Waals surface area contributed by atoms with Crippen molar-refractivity contribution in [1.82, 2.24) is 5.32 Å². The molecule has 0 aromatic heterocycles. The fourth-order valence-electron chi connectivity index (χ4n) is 2.93. The van der Waals surface area contributed by atoms with Crippen LogP contribution >= 0.6 is 0 Å². The van der Waals surface area contributed by atoms with Crippen LogP contribution in [0.1, 0.15) is 74.6 Å². The van der Waals surface area contributed by atoms with Gasteiger partial charge in [-0.2, -0.15) is 0 Å². The molecule has 0 saturated carbocycles. The smallest absolute Gasteiger partial charge is 0.128 e. The standard InChI is InChI=1S/C18H30FN/c1-5-6-7-8-9-10-11-17(20-4)18-15(3)12-14(2)13-16(18)19/h12-13,17,20H,5-11H2,1-4H3. The summed E-state index contributed by atoms with van der Waals surface area (Å²) < 4.78 is 14.2. The Bertz CT molecular complexity index is 377. The summed E-state index contributed by atoms with van der Waals surface area (Å²) in [5.74, 6) is -0.0622. The van der Waals surface area contributed by atoms with E-state index in [-0.39, 0.29) is 11.9 Å². The lowest BCUT2D eigenvalue weighted by Crippen LogP contribution is -2.19. The molecule has 0 radical (unpaired) electrons. The van der Waals surface area contributed by atoms with Gasteiger partial charge in [-0.15, -0.1) is 0 Å². The number of halogens is 1. The summed E-state index contributed by atoms with van der Waals surface area (Å²) in [5, 5.41) is 3.28. The Morgan fingerprint density at radius 1 is 1.05 bits per heavy atom. The molecule has 1 aromatic carbocycles. The summed E-state index contributed by atoms with van der Waals surface area (Å²) in [4.78, 5) is 0. The second-order valence-electron chi connectivity index (χ2n) is 5.88. The van der Waals surface area contributed by atoms with Gasteiger partial charge in [-0.3, -0.25) is 0 Å². The zero-order valence-corrected chi connectivity index (χ0v) is 13.6. The van der Waals surface area contributed by atoms with Crippen molar-refractivity contribution < 1.29 is 4.39 Å². The summed E-state index contributed by atoms with van der Waals surface area (Å²) >= 11 is 0. The average molecular weight is 279 g/mol. The van der Waals surface area contributed by atoms with Crippen LogP contribution < -0.4 is 5.32 Å². The van der Waals surface area contributed by atoms with E-state index >= 15 is 0 Å². The van der Waals surface area contributed by atoms with Crippen molar-refractivity contribution in [3.63, 3.8) is 0 Å². The van der Waals surface area contributed by atoms with E-state index in [1.165, 1.54) is 38.5 Å². The Morgan fingerprint density at radius 2 is 1.70 bits per heavy atom. The summed E-state index contributed by atoms with van der Waals surface area (Å²) in [6.07, 6.45) is 8.70. The minimum atomic E-state index is -0.0622. The third kappa shape index (κ3) is 5.24. The lowest BCUT2D eigenvalue weighted by atomic mass is 9.94. The fraction of sp³-hybridized carbons (Fsp3) is 0.667. The maximum atomic E-state index is 14.2. The Morgan fingerprint density at radius 3 is 2.30 bits per heavy atom. The quantitative estimate of drug-likeness (QED) is 0.592. The fourth-order valence-corrected chi connectivity index (χ4v) is 2.93. The zero-order chi connectivity index (χ0) is 15.0. The van der Waals surface area contributed by atoms with Crippen LogP contribution in [0.4, 0.5) is 4.39 Å². The number of nitrogens with one attached hydrogen (secondary N) is 1. The van der Waals surface area contributed by atoms with Gasteiger partial charge in [0.2, 0.25) is 0 Å². The Hall–Kier alpha value is -0.890. The number of rotatable bonds is 9. The molecule has 0 bridgehead atoms. The number of hydrogen-bond donors (Lipinski definition) is 1. The monoisotopic (exact) mass is 279 g/mol. The van der Waals surface area contributed by atoms with E-state index in [9.17, 15) is 4.39 Å². The third-order valence-corrected chi connectivity index (χ3v) is 4.02. The maximum absolute atomic E-state index is 14.2. The van der Waals surface area contributed by atoms with Gasteiger partial charge in [0.25, 0.3) is 0 Å². The molecule has 0 saturated heterocycles. The molecule has 0 aliphatic heterocycles. The molecule has 1 rings (SSSR count). The van der Waals surface area contributed by atoms with E-state index in [1.807, 2.05) is 20.9 Å². The highest BCUT2D eigenvalue weighted by atomic mass is 19.1. The van der Waals surface area contributed by atoms with Gasteiger partial charge in [0, 0.05) is 11.6 Å². The molecule has 0 fully saturated rings. The maximum Gasteiger partial charge on any atom is 0.128 e. The topological polar surface area (TPSA) is 12.0 Å². The molecule has 0 amide bonds. The van der Waals surface area contributed by atoms with Crippen LogP contribution in [0.5, 0.6) is 0 Å². The van der Waals surface area contributed by atoms with Crippen molar-refractivity contribution >= 4 is 0 Å². The lowest BCUT2D eigenvalue weighted by Gasteiger charge is -2.20. The highest BCUT2D eigenvalue weighted by molar-refractivity contribution is 5.34. The zero-order valence-electron chi connectivity index (χ0n) is 13.6. The van der Waals surface area contributed by atoms with Gasteiger partial charge in [0.15, 0.2) is 0 Å².